The van der Waals surface area contributed by atoms with E-state index in [0.717, 1.165) is 34.8 Å². The Balaban J connectivity index is 1.51. The molecule has 0 saturated heterocycles. The summed E-state index contributed by atoms with van der Waals surface area (Å²) in [5, 5.41) is 5.00. The van der Waals surface area contributed by atoms with Gasteiger partial charge in [-0.05, 0) is 61.1 Å². The molecule has 0 bridgehead atoms. The second-order valence-corrected chi connectivity index (χ2v) is 7.29. The van der Waals surface area contributed by atoms with Gasteiger partial charge in [0.2, 0.25) is 0 Å². The van der Waals surface area contributed by atoms with E-state index in [1.807, 2.05) is 48.5 Å². The van der Waals surface area contributed by atoms with Crippen molar-refractivity contribution in [3.8, 4) is 5.75 Å². The minimum Gasteiger partial charge on any atom is -0.495 e. The number of carbonyl (C=O) groups excluding carboxylic acids is 1. The van der Waals surface area contributed by atoms with Crippen LogP contribution in [0.2, 0.25) is 0 Å². The van der Waals surface area contributed by atoms with Crippen LogP contribution >= 0.6 is 0 Å². The molecule has 1 heterocycles. The minimum absolute atomic E-state index is 0.137. The highest BCUT2D eigenvalue weighted by atomic mass is 16.5. The first-order valence-electron chi connectivity index (χ1n) is 9.65. The van der Waals surface area contributed by atoms with Gasteiger partial charge in [-0.15, -0.1) is 0 Å². The summed E-state index contributed by atoms with van der Waals surface area (Å²) in [6.07, 6.45) is 4.57. The number of hydrogen-bond donors (Lipinski definition) is 1. The molecule has 28 heavy (non-hydrogen) atoms. The average molecular weight is 371 g/mol. The quantitative estimate of drug-likeness (QED) is 0.501. The van der Waals surface area contributed by atoms with Crippen LogP contribution in [0.25, 0.3) is 21.9 Å². The molecule has 4 nitrogen and oxygen atoms in total. The maximum Gasteiger partial charge on any atom is 0.255 e. The lowest BCUT2D eigenvalue weighted by molar-refractivity contribution is 0.102. The minimum atomic E-state index is -0.137. The van der Waals surface area contributed by atoms with Crippen molar-refractivity contribution in [3.05, 3.63) is 71.3 Å². The van der Waals surface area contributed by atoms with Crippen LogP contribution in [0.15, 0.2) is 59.0 Å². The number of carbonyl (C=O) groups is 1. The van der Waals surface area contributed by atoms with Gasteiger partial charge in [0.05, 0.1) is 12.8 Å². The number of fused-ring (bicyclic) bond motifs is 4. The fraction of sp³-hybridized carbons (Fsp3) is 0.208. The lowest BCUT2D eigenvalue weighted by Gasteiger charge is -2.16. The summed E-state index contributed by atoms with van der Waals surface area (Å²) < 4.78 is 11.5. The summed E-state index contributed by atoms with van der Waals surface area (Å²) in [6.45, 7) is 0. The molecule has 4 heteroatoms. The number of furan rings is 1. The number of rotatable bonds is 3. The molecule has 3 aromatic carbocycles. The summed E-state index contributed by atoms with van der Waals surface area (Å²) in [5.41, 5.74) is 5.48. The summed E-state index contributed by atoms with van der Waals surface area (Å²) in [4.78, 5) is 12.9. The van der Waals surface area contributed by atoms with Gasteiger partial charge in [0, 0.05) is 22.4 Å². The molecular formula is C24H21NO3. The normalized spacial score (nSPS) is 13.5. The van der Waals surface area contributed by atoms with Gasteiger partial charge in [0.1, 0.15) is 16.9 Å². The molecule has 4 aromatic rings. The lowest BCUT2D eigenvalue weighted by atomic mass is 9.90. The van der Waals surface area contributed by atoms with E-state index in [-0.39, 0.29) is 5.91 Å². The predicted octanol–water partition coefficient (Wildman–Crippen LogP) is 5.73. The van der Waals surface area contributed by atoms with E-state index < -0.39 is 0 Å². The van der Waals surface area contributed by atoms with Crippen LogP contribution in [-0.2, 0) is 12.8 Å². The number of ether oxygens (including phenoxy) is 1. The summed E-state index contributed by atoms with van der Waals surface area (Å²) >= 11 is 0. The molecule has 1 N–H and O–H groups in total. The zero-order valence-electron chi connectivity index (χ0n) is 15.7. The maximum absolute atomic E-state index is 12.9. The third-order valence-corrected chi connectivity index (χ3v) is 5.56. The Morgan fingerprint density at radius 2 is 1.75 bits per heavy atom. The Kier molecular flexibility index (Phi) is 4.05. The van der Waals surface area contributed by atoms with Crippen molar-refractivity contribution in [2.45, 2.75) is 25.7 Å². The van der Waals surface area contributed by atoms with Gasteiger partial charge >= 0.3 is 0 Å². The number of aryl methyl sites for hydroxylation is 2. The third-order valence-electron chi connectivity index (χ3n) is 5.56. The van der Waals surface area contributed by atoms with Gasteiger partial charge in [-0.3, -0.25) is 4.79 Å². The van der Waals surface area contributed by atoms with E-state index >= 15 is 0 Å². The van der Waals surface area contributed by atoms with Crippen LogP contribution in [0.5, 0.6) is 5.75 Å². The van der Waals surface area contributed by atoms with E-state index in [1.54, 1.807) is 7.11 Å². The van der Waals surface area contributed by atoms with Gasteiger partial charge in [0.15, 0.2) is 0 Å². The van der Waals surface area contributed by atoms with Crippen LogP contribution in [-0.4, -0.2) is 13.0 Å². The standard InChI is InChI=1S/C24H21NO3/c1-27-23-13-19-18-8-4-5-9-21(18)28-22(19)14-20(23)25-24(26)17-11-10-15-6-2-3-7-16(15)12-17/h4-5,8-14H,2-3,6-7H2,1H3,(H,25,26). The molecule has 0 fully saturated rings. The Labute approximate surface area is 163 Å². The van der Waals surface area contributed by atoms with Crippen molar-refractivity contribution in [1.29, 1.82) is 0 Å². The van der Waals surface area contributed by atoms with Crippen molar-refractivity contribution >= 4 is 33.5 Å². The van der Waals surface area contributed by atoms with Gasteiger partial charge < -0.3 is 14.5 Å². The predicted molar refractivity (Wildman–Crippen MR) is 111 cm³/mol. The molecular weight excluding hydrogens is 350 g/mol. The van der Waals surface area contributed by atoms with E-state index in [4.69, 9.17) is 9.15 Å². The highest BCUT2D eigenvalue weighted by Gasteiger charge is 2.17. The van der Waals surface area contributed by atoms with Crippen LogP contribution < -0.4 is 10.1 Å². The summed E-state index contributed by atoms with van der Waals surface area (Å²) in [7, 11) is 1.61. The molecule has 1 aliphatic carbocycles. The van der Waals surface area contributed by atoms with Gasteiger partial charge in [-0.2, -0.15) is 0 Å². The Hall–Kier alpha value is -3.27. The molecule has 0 radical (unpaired) electrons. The lowest BCUT2D eigenvalue weighted by Crippen LogP contribution is -2.14. The Morgan fingerprint density at radius 3 is 2.61 bits per heavy atom. The molecule has 1 aromatic heterocycles. The van der Waals surface area contributed by atoms with Crippen molar-refractivity contribution in [2.75, 3.05) is 12.4 Å². The van der Waals surface area contributed by atoms with Gasteiger partial charge in [-0.25, -0.2) is 0 Å². The van der Waals surface area contributed by atoms with Crippen LogP contribution in [0.3, 0.4) is 0 Å². The van der Waals surface area contributed by atoms with Crippen molar-refractivity contribution in [3.63, 3.8) is 0 Å². The van der Waals surface area contributed by atoms with E-state index in [0.29, 0.717) is 17.0 Å². The number of anilines is 1. The molecule has 0 unspecified atom stereocenters. The fourth-order valence-corrected chi connectivity index (χ4v) is 4.09. The Morgan fingerprint density at radius 1 is 0.929 bits per heavy atom. The highest BCUT2D eigenvalue weighted by molar-refractivity contribution is 6.10. The number of para-hydroxylation sites is 1. The molecule has 1 amide bonds. The van der Waals surface area contributed by atoms with E-state index in [2.05, 4.69) is 11.4 Å². The average Bonchev–Trinajstić information content (AvgIpc) is 3.10. The first kappa shape index (κ1) is 16.9. The first-order chi connectivity index (χ1) is 13.7. The maximum atomic E-state index is 12.9. The zero-order chi connectivity index (χ0) is 19.1. The van der Waals surface area contributed by atoms with Crippen molar-refractivity contribution in [1.82, 2.24) is 0 Å². The molecule has 140 valence electrons. The summed E-state index contributed by atoms with van der Waals surface area (Å²) in [5.74, 6) is 0.479. The smallest absolute Gasteiger partial charge is 0.255 e. The molecule has 0 atom stereocenters. The highest BCUT2D eigenvalue weighted by Crippen LogP contribution is 2.36. The monoisotopic (exact) mass is 371 g/mol. The topological polar surface area (TPSA) is 51.5 Å². The van der Waals surface area contributed by atoms with Gasteiger partial charge in [-0.1, -0.05) is 24.3 Å². The van der Waals surface area contributed by atoms with Crippen LogP contribution in [0, 0.1) is 0 Å². The second-order valence-electron chi connectivity index (χ2n) is 7.29. The first-order valence-corrected chi connectivity index (χ1v) is 9.65. The number of nitrogens with one attached hydrogen (secondary N) is 1. The van der Waals surface area contributed by atoms with Crippen molar-refractivity contribution in [2.24, 2.45) is 0 Å². The largest absolute Gasteiger partial charge is 0.495 e. The summed E-state index contributed by atoms with van der Waals surface area (Å²) in [6, 6.07) is 17.7. The Bertz CT molecular complexity index is 1210. The van der Waals surface area contributed by atoms with Crippen LogP contribution in [0.4, 0.5) is 5.69 Å². The molecule has 0 spiro atoms. The van der Waals surface area contributed by atoms with E-state index in [1.165, 1.54) is 24.0 Å². The molecule has 0 aliphatic heterocycles. The van der Waals surface area contributed by atoms with Crippen LogP contribution in [0.1, 0.15) is 34.3 Å². The second kappa shape index (κ2) is 6.71. The number of benzene rings is 3. The number of amides is 1. The molecule has 0 saturated carbocycles. The third kappa shape index (κ3) is 2.82. The molecule has 1 aliphatic rings. The van der Waals surface area contributed by atoms with E-state index in [9.17, 15) is 4.79 Å². The number of hydrogen-bond acceptors (Lipinski definition) is 3. The number of methoxy groups -OCH3 is 1. The SMILES string of the molecule is COc1cc2c(cc1NC(=O)c1ccc3c(c1)CCCC3)oc1ccccc12. The van der Waals surface area contributed by atoms with Crippen molar-refractivity contribution < 1.29 is 13.9 Å². The van der Waals surface area contributed by atoms with Gasteiger partial charge in [0.25, 0.3) is 5.91 Å². The molecule has 5 rings (SSSR count). The zero-order valence-corrected chi connectivity index (χ0v) is 15.7. The fourth-order valence-electron chi connectivity index (χ4n) is 4.09.